The topological polar surface area (TPSA) is 25.8 Å². The molecule has 0 aliphatic heterocycles. The van der Waals surface area contributed by atoms with Gasteiger partial charge in [0.2, 0.25) is 0 Å². The average molecular weight is 523 g/mol. The minimum Gasteiger partial charge on any atom is -0.231 e. The van der Waals surface area contributed by atoms with Crippen molar-refractivity contribution in [2.75, 3.05) is 0 Å². The maximum absolute atomic E-state index is 5.62. The molecule has 41 heavy (non-hydrogen) atoms. The van der Waals surface area contributed by atoms with Crippen molar-refractivity contribution in [2.45, 2.75) is 17.8 Å². The van der Waals surface area contributed by atoms with Gasteiger partial charge in [0.05, 0.1) is 11.2 Å². The third-order valence-corrected chi connectivity index (χ3v) is 9.58. The van der Waals surface area contributed by atoms with E-state index < -0.39 is 5.41 Å². The number of nitrogens with zero attached hydrogens (tertiary/aromatic N) is 2. The Morgan fingerprint density at radius 3 is 1.59 bits per heavy atom. The maximum atomic E-state index is 5.62. The van der Waals surface area contributed by atoms with Gasteiger partial charge in [-0.3, -0.25) is 0 Å². The van der Waals surface area contributed by atoms with E-state index in [1.807, 2.05) is 0 Å². The predicted octanol–water partition coefficient (Wildman–Crippen LogP) is 8.81. The molecule has 3 aliphatic carbocycles. The van der Waals surface area contributed by atoms with Crippen molar-refractivity contribution >= 4 is 21.7 Å². The van der Waals surface area contributed by atoms with Crippen LogP contribution in [0.5, 0.6) is 0 Å². The maximum Gasteiger partial charge on any atom is 0.149 e. The van der Waals surface area contributed by atoms with Crippen LogP contribution >= 0.6 is 0 Å². The van der Waals surface area contributed by atoms with E-state index in [9.17, 15) is 0 Å². The van der Waals surface area contributed by atoms with Crippen molar-refractivity contribution in [3.8, 4) is 11.3 Å². The van der Waals surface area contributed by atoms with Crippen LogP contribution < -0.4 is 0 Å². The average Bonchev–Trinajstić information content (AvgIpc) is 3.05. The normalized spacial score (nSPS) is 20.0. The van der Waals surface area contributed by atoms with Crippen LogP contribution in [0.2, 0.25) is 0 Å². The molecule has 2 nitrogen and oxygen atoms in total. The van der Waals surface area contributed by atoms with Gasteiger partial charge in [0.1, 0.15) is 11.2 Å². The van der Waals surface area contributed by atoms with Gasteiger partial charge < -0.3 is 0 Å². The summed E-state index contributed by atoms with van der Waals surface area (Å²) in [6, 6.07) is 50.4. The van der Waals surface area contributed by atoms with Gasteiger partial charge in [0.15, 0.2) is 0 Å². The lowest BCUT2D eigenvalue weighted by molar-refractivity contribution is 0.516. The standard InChI is InChI=1S/C39H26N2/c1-38-28-17-7-10-20-31(28)39(32-21-11-8-18-29(32)38,33-22-12-9-19-30(33)38)37-40-34-24-23-25-13-5-6-16-27(25)35(34)36(41-37)26-14-3-2-4-15-26/h2-24H,1H3. The largest absolute Gasteiger partial charge is 0.231 e. The zero-order valence-electron chi connectivity index (χ0n) is 22.7. The van der Waals surface area contributed by atoms with Gasteiger partial charge in [-0.05, 0) is 57.1 Å². The Labute approximate surface area is 239 Å². The first-order valence-corrected chi connectivity index (χ1v) is 14.3. The van der Waals surface area contributed by atoms with E-state index in [0.29, 0.717) is 0 Å². The molecular formula is C39H26N2. The van der Waals surface area contributed by atoms with Gasteiger partial charge in [-0.25, -0.2) is 9.97 Å². The second-order valence-corrected chi connectivity index (χ2v) is 11.5. The van der Waals surface area contributed by atoms with Crippen molar-refractivity contribution < 1.29 is 0 Å². The molecule has 0 atom stereocenters. The van der Waals surface area contributed by atoms with Crippen molar-refractivity contribution in [1.29, 1.82) is 0 Å². The zero-order chi connectivity index (χ0) is 27.2. The molecule has 1 heterocycles. The molecule has 192 valence electrons. The van der Waals surface area contributed by atoms with Crippen LogP contribution in [-0.4, -0.2) is 9.97 Å². The highest BCUT2D eigenvalue weighted by molar-refractivity contribution is 6.12. The van der Waals surface area contributed by atoms with E-state index in [0.717, 1.165) is 28.0 Å². The third-order valence-electron chi connectivity index (χ3n) is 9.58. The highest BCUT2D eigenvalue weighted by Gasteiger charge is 2.58. The quantitative estimate of drug-likeness (QED) is 0.212. The molecular weight excluding hydrogens is 496 g/mol. The van der Waals surface area contributed by atoms with E-state index in [2.05, 4.69) is 146 Å². The SMILES string of the molecule is CC12c3ccccc3C(c3nc(-c4ccccc4)c4c(ccc5ccccc54)n3)(c3ccccc31)c1ccccc12. The third kappa shape index (κ3) is 2.72. The van der Waals surface area contributed by atoms with Gasteiger partial charge >= 0.3 is 0 Å². The fourth-order valence-electron chi connectivity index (χ4n) is 7.85. The van der Waals surface area contributed by atoms with E-state index in [-0.39, 0.29) is 5.41 Å². The van der Waals surface area contributed by atoms with Crippen molar-refractivity contribution in [3.63, 3.8) is 0 Å². The van der Waals surface area contributed by atoms with E-state index >= 15 is 0 Å². The molecule has 2 heteroatoms. The van der Waals surface area contributed by atoms with Gasteiger partial charge in [0, 0.05) is 16.4 Å². The minimum atomic E-state index is -0.634. The Balaban J connectivity index is 1.50. The summed E-state index contributed by atoms with van der Waals surface area (Å²) in [4.78, 5) is 11.1. The molecule has 0 saturated carbocycles. The number of benzene rings is 6. The first kappa shape index (κ1) is 22.7. The van der Waals surface area contributed by atoms with E-state index in [1.54, 1.807) is 0 Å². The minimum absolute atomic E-state index is 0.249. The van der Waals surface area contributed by atoms with Gasteiger partial charge in [-0.1, -0.05) is 133 Å². The van der Waals surface area contributed by atoms with Crippen LogP contribution in [0.3, 0.4) is 0 Å². The van der Waals surface area contributed by atoms with Crippen LogP contribution in [-0.2, 0) is 10.8 Å². The fourth-order valence-corrected chi connectivity index (χ4v) is 7.85. The molecule has 0 saturated heterocycles. The molecule has 2 bridgehead atoms. The molecule has 3 aliphatic rings. The van der Waals surface area contributed by atoms with E-state index in [4.69, 9.17) is 9.97 Å². The summed E-state index contributed by atoms with van der Waals surface area (Å²) < 4.78 is 0. The molecule has 1 aromatic heterocycles. The van der Waals surface area contributed by atoms with Crippen LogP contribution in [0.4, 0.5) is 0 Å². The lowest BCUT2D eigenvalue weighted by atomic mass is 9.47. The summed E-state index contributed by atoms with van der Waals surface area (Å²) in [5, 5.41) is 3.47. The Hall–Kier alpha value is -5.08. The van der Waals surface area contributed by atoms with Crippen LogP contribution in [0.15, 0.2) is 140 Å². The summed E-state index contributed by atoms with van der Waals surface area (Å²) in [6.45, 7) is 2.38. The van der Waals surface area contributed by atoms with Gasteiger partial charge in [-0.2, -0.15) is 0 Å². The van der Waals surface area contributed by atoms with Crippen LogP contribution in [0.1, 0.15) is 46.1 Å². The molecule has 0 radical (unpaired) electrons. The molecule has 0 N–H and O–H groups in total. The van der Waals surface area contributed by atoms with E-state index in [1.165, 1.54) is 44.2 Å². The molecule has 6 aromatic carbocycles. The van der Waals surface area contributed by atoms with Crippen molar-refractivity contribution in [2.24, 2.45) is 0 Å². The Morgan fingerprint density at radius 2 is 0.976 bits per heavy atom. The lowest BCUT2D eigenvalue weighted by Gasteiger charge is -2.54. The molecule has 0 amide bonds. The fraction of sp³-hybridized carbons (Fsp3) is 0.0769. The highest BCUT2D eigenvalue weighted by atomic mass is 14.9. The smallest absolute Gasteiger partial charge is 0.149 e. The first-order chi connectivity index (χ1) is 20.2. The molecule has 0 spiro atoms. The highest BCUT2D eigenvalue weighted by Crippen LogP contribution is 2.63. The Bertz CT molecular complexity index is 2060. The van der Waals surface area contributed by atoms with Crippen molar-refractivity contribution in [3.05, 3.63) is 179 Å². The molecule has 0 fully saturated rings. The molecule has 10 rings (SSSR count). The van der Waals surface area contributed by atoms with Gasteiger partial charge in [-0.15, -0.1) is 0 Å². The number of hydrogen-bond donors (Lipinski definition) is 0. The molecule has 0 unspecified atom stereocenters. The first-order valence-electron chi connectivity index (χ1n) is 14.3. The lowest BCUT2D eigenvalue weighted by Crippen LogP contribution is -2.50. The number of fused-ring (bicyclic) bond motifs is 3. The predicted molar refractivity (Wildman–Crippen MR) is 166 cm³/mol. The Kier molecular flexibility index (Phi) is 4.42. The van der Waals surface area contributed by atoms with Crippen LogP contribution in [0, 0.1) is 0 Å². The monoisotopic (exact) mass is 522 g/mol. The summed E-state index contributed by atoms with van der Waals surface area (Å²) in [6.07, 6.45) is 0. The summed E-state index contributed by atoms with van der Waals surface area (Å²) in [5.41, 5.74) is 9.99. The van der Waals surface area contributed by atoms with Gasteiger partial charge in [0.25, 0.3) is 0 Å². The number of aromatic nitrogens is 2. The summed E-state index contributed by atoms with van der Waals surface area (Å²) in [5.74, 6) is 0.827. The second kappa shape index (κ2) is 7.99. The Morgan fingerprint density at radius 1 is 0.463 bits per heavy atom. The second-order valence-electron chi connectivity index (χ2n) is 11.5. The van der Waals surface area contributed by atoms with Crippen molar-refractivity contribution in [1.82, 2.24) is 9.97 Å². The number of hydrogen-bond acceptors (Lipinski definition) is 2. The summed E-state index contributed by atoms with van der Waals surface area (Å²) >= 11 is 0. The molecule has 7 aromatic rings. The summed E-state index contributed by atoms with van der Waals surface area (Å²) in [7, 11) is 0. The van der Waals surface area contributed by atoms with Crippen LogP contribution in [0.25, 0.3) is 32.9 Å². The number of rotatable bonds is 2. The zero-order valence-corrected chi connectivity index (χ0v) is 22.7.